The molecule has 0 atom stereocenters. The fourth-order valence-corrected chi connectivity index (χ4v) is 5.28. The molecule has 2 saturated heterocycles. The van der Waals surface area contributed by atoms with E-state index in [0.717, 1.165) is 57.8 Å². The summed E-state index contributed by atoms with van der Waals surface area (Å²) in [6.07, 6.45) is -2.37. The molecule has 12 heteroatoms. The predicted octanol–water partition coefficient (Wildman–Crippen LogP) is 4.14. The quantitative estimate of drug-likeness (QED) is 0.418. The van der Waals surface area contributed by atoms with E-state index in [1.165, 1.54) is 0 Å². The first-order valence-corrected chi connectivity index (χ1v) is 13.7. The van der Waals surface area contributed by atoms with Gasteiger partial charge in [-0.3, -0.25) is 9.69 Å². The van der Waals surface area contributed by atoms with Crippen LogP contribution in [-0.2, 0) is 0 Å². The average Bonchev–Trinajstić information content (AvgIpc) is 2.97. The third kappa shape index (κ3) is 7.25. The Kier molecular flexibility index (Phi) is 8.60. The van der Waals surface area contributed by atoms with Crippen LogP contribution >= 0.6 is 0 Å². The standard InChI is InChI=1S/C29H34F3N7O2/c1-37-15-17-39(18-16-37)23-11-13-38(14-12-23)22-9-7-21(8-10-22)34-27-25(26(33)40)35-24(20-5-3-2-4-6-20)28(36-27)41-19-29(30,31)32/h2-10,23H,11-19H2,1H3,(H2,33,40)(H,34,36). The third-order valence-electron chi connectivity index (χ3n) is 7.53. The van der Waals surface area contributed by atoms with Crippen LogP contribution in [0.1, 0.15) is 23.3 Å². The van der Waals surface area contributed by atoms with Crippen LogP contribution in [0.25, 0.3) is 11.3 Å². The van der Waals surface area contributed by atoms with Crippen molar-refractivity contribution >= 4 is 23.1 Å². The number of nitrogens with two attached hydrogens (primary N) is 1. The van der Waals surface area contributed by atoms with Crippen molar-refractivity contribution in [2.45, 2.75) is 25.1 Å². The highest BCUT2D eigenvalue weighted by atomic mass is 19.4. The highest BCUT2D eigenvalue weighted by Gasteiger charge is 2.31. The average molecular weight is 570 g/mol. The van der Waals surface area contributed by atoms with Gasteiger partial charge < -0.3 is 25.6 Å². The summed E-state index contributed by atoms with van der Waals surface area (Å²) in [4.78, 5) is 28.1. The van der Waals surface area contributed by atoms with Crippen LogP contribution in [0, 0.1) is 0 Å². The van der Waals surface area contributed by atoms with Gasteiger partial charge >= 0.3 is 6.18 Å². The maximum absolute atomic E-state index is 13.0. The number of alkyl halides is 3. The van der Waals surface area contributed by atoms with Crippen molar-refractivity contribution in [1.82, 2.24) is 19.8 Å². The summed E-state index contributed by atoms with van der Waals surface area (Å²) in [5.74, 6) is -1.32. The van der Waals surface area contributed by atoms with Gasteiger partial charge in [0, 0.05) is 62.2 Å². The summed E-state index contributed by atoms with van der Waals surface area (Å²) in [6, 6.07) is 16.6. The van der Waals surface area contributed by atoms with E-state index < -0.39 is 18.7 Å². The highest BCUT2D eigenvalue weighted by Crippen LogP contribution is 2.32. The van der Waals surface area contributed by atoms with E-state index in [0.29, 0.717) is 17.3 Å². The number of primary amides is 1. The van der Waals surface area contributed by atoms with Crippen LogP contribution in [-0.4, -0.2) is 90.8 Å². The number of nitrogens with one attached hydrogen (secondary N) is 1. The Bertz CT molecular complexity index is 1320. The maximum atomic E-state index is 13.0. The molecule has 3 N–H and O–H groups in total. The number of anilines is 3. The van der Waals surface area contributed by atoms with E-state index >= 15 is 0 Å². The number of likely N-dealkylation sites (N-methyl/N-ethyl adjacent to an activating group) is 1. The molecule has 3 aromatic rings. The number of carbonyl (C=O) groups excluding carboxylic acids is 1. The lowest BCUT2D eigenvalue weighted by molar-refractivity contribution is -0.154. The molecular formula is C29H34F3N7O2. The van der Waals surface area contributed by atoms with Crippen LogP contribution in [0.4, 0.5) is 30.4 Å². The van der Waals surface area contributed by atoms with Crippen LogP contribution in [0.3, 0.4) is 0 Å². The van der Waals surface area contributed by atoms with Crippen LogP contribution in [0.15, 0.2) is 54.6 Å². The molecule has 2 aliphatic heterocycles. The number of carbonyl (C=O) groups is 1. The van der Waals surface area contributed by atoms with Crippen molar-refractivity contribution < 1.29 is 22.7 Å². The molecule has 0 aliphatic carbocycles. The van der Waals surface area contributed by atoms with Gasteiger partial charge in [-0.1, -0.05) is 30.3 Å². The predicted molar refractivity (Wildman–Crippen MR) is 152 cm³/mol. The smallest absolute Gasteiger partial charge is 0.422 e. The number of amides is 1. The summed E-state index contributed by atoms with van der Waals surface area (Å²) in [5, 5.41) is 2.99. The second kappa shape index (κ2) is 12.3. The van der Waals surface area contributed by atoms with Gasteiger partial charge in [-0.15, -0.1) is 0 Å². The second-order valence-corrected chi connectivity index (χ2v) is 10.4. The number of rotatable bonds is 8. The Morgan fingerprint density at radius 2 is 1.63 bits per heavy atom. The molecule has 1 aromatic heterocycles. The second-order valence-electron chi connectivity index (χ2n) is 10.4. The Hall–Kier alpha value is -3.90. The van der Waals surface area contributed by atoms with Crippen LogP contribution in [0.2, 0.25) is 0 Å². The first kappa shape index (κ1) is 28.6. The van der Waals surface area contributed by atoms with E-state index in [2.05, 4.69) is 37.0 Å². The van der Waals surface area contributed by atoms with Crippen molar-refractivity contribution in [2.75, 3.05) is 63.1 Å². The SMILES string of the molecule is CN1CCN(C2CCN(c3ccc(Nc4nc(OCC(F)(F)F)c(-c5ccccc5)nc4C(N)=O)cc3)CC2)CC1. The summed E-state index contributed by atoms with van der Waals surface area (Å²) in [7, 11) is 2.17. The molecule has 5 rings (SSSR count). The number of halogens is 3. The number of hydrogen-bond acceptors (Lipinski definition) is 8. The Balaban J connectivity index is 1.31. The number of nitrogens with zero attached hydrogens (tertiary/aromatic N) is 5. The number of piperazine rings is 1. The molecule has 41 heavy (non-hydrogen) atoms. The summed E-state index contributed by atoms with van der Waals surface area (Å²) >= 11 is 0. The van der Waals surface area contributed by atoms with Gasteiger partial charge in [0.15, 0.2) is 18.1 Å². The van der Waals surface area contributed by atoms with Crippen LogP contribution in [0.5, 0.6) is 5.88 Å². The molecule has 3 heterocycles. The van der Waals surface area contributed by atoms with Crippen molar-refractivity contribution in [1.29, 1.82) is 0 Å². The van der Waals surface area contributed by atoms with E-state index in [1.807, 2.05) is 24.3 Å². The van der Waals surface area contributed by atoms with Gasteiger partial charge in [-0.05, 0) is 44.2 Å². The van der Waals surface area contributed by atoms with E-state index in [9.17, 15) is 18.0 Å². The minimum atomic E-state index is -4.58. The lowest BCUT2D eigenvalue weighted by atomic mass is 10.0. The Morgan fingerprint density at radius 3 is 2.24 bits per heavy atom. The molecule has 2 aliphatic rings. The zero-order chi connectivity index (χ0) is 29.0. The topological polar surface area (TPSA) is 99.8 Å². The lowest BCUT2D eigenvalue weighted by Crippen LogP contribution is -2.52. The lowest BCUT2D eigenvalue weighted by Gasteiger charge is -2.42. The van der Waals surface area contributed by atoms with E-state index in [4.69, 9.17) is 10.5 Å². The van der Waals surface area contributed by atoms with E-state index in [-0.39, 0.29) is 23.1 Å². The van der Waals surface area contributed by atoms with Crippen molar-refractivity contribution in [3.05, 3.63) is 60.3 Å². The Morgan fingerprint density at radius 1 is 0.976 bits per heavy atom. The first-order valence-electron chi connectivity index (χ1n) is 13.7. The van der Waals surface area contributed by atoms with Gasteiger partial charge in [0.2, 0.25) is 5.88 Å². The van der Waals surface area contributed by atoms with E-state index in [1.54, 1.807) is 30.3 Å². The molecule has 218 valence electrons. The minimum Gasteiger partial charge on any atom is -0.466 e. The third-order valence-corrected chi connectivity index (χ3v) is 7.53. The first-order chi connectivity index (χ1) is 19.7. The van der Waals surface area contributed by atoms with Crippen molar-refractivity contribution in [2.24, 2.45) is 5.73 Å². The number of hydrogen-bond donors (Lipinski definition) is 2. The largest absolute Gasteiger partial charge is 0.466 e. The van der Waals surface area contributed by atoms with Gasteiger partial charge in [0.25, 0.3) is 5.91 Å². The van der Waals surface area contributed by atoms with Gasteiger partial charge in [0.05, 0.1) is 0 Å². The van der Waals surface area contributed by atoms with Crippen LogP contribution < -0.4 is 20.7 Å². The molecule has 0 radical (unpaired) electrons. The molecule has 2 aromatic carbocycles. The molecule has 1 amide bonds. The monoisotopic (exact) mass is 569 g/mol. The van der Waals surface area contributed by atoms with Gasteiger partial charge in [-0.2, -0.15) is 18.2 Å². The minimum absolute atomic E-state index is 0.00970. The van der Waals surface area contributed by atoms with Crippen molar-refractivity contribution in [3.8, 4) is 17.1 Å². The fourth-order valence-electron chi connectivity index (χ4n) is 5.28. The van der Waals surface area contributed by atoms with Crippen molar-refractivity contribution in [3.63, 3.8) is 0 Å². The molecular weight excluding hydrogens is 535 g/mol. The molecule has 0 spiro atoms. The number of piperidine rings is 1. The van der Waals surface area contributed by atoms with Gasteiger partial charge in [0.1, 0.15) is 5.69 Å². The number of benzene rings is 2. The maximum Gasteiger partial charge on any atom is 0.422 e. The molecule has 0 bridgehead atoms. The fraction of sp³-hybridized carbons (Fsp3) is 0.414. The van der Waals surface area contributed by atoms with Gasteiger partial charge in [-0.25, -0.2) is 4.98 Å². The molecule has 2 fully saturated rings. The zero-order valence-electron chi connectivity index (χ0n) is 22.9. The zero-order valence-corrected chi connectivity index (χ0v) is 22.9. The molecule has 0 saturated carbocycles. The molecule has 9 nitrogen and oxygen atoms in total. The molecule has 0 unspecified atom stereocenters. The highest BCUT2D eigenvalue weighted by molar-refractivity contribution is 5.97. The summed E-state index contributed by atoms with van der Waals surface area (Å²) in [6.45, 7) is 4.82. The number of aromatic nitrogens is 2. The summed E-state index contributed by atoms with van der Waals surface area (Å²) in [5.41, 5.74) is 7.45. The Labute approximate surface area is 237 Å². The summed E-state index contributed by atoms with van der Waals surface area (Å²) < 4.78 is 44.0. The normalized spacial score (nSPS) is 17.4. The number of ether oxygens (including phenoxy) is 1.